The predicted octanol–water partition coefficient (Wildman–Crippen LogP) is 2.31. The van der Waals surface area contributed by atoms with Crippen molar-refractivity contribution in [2.45, 2.75) is 6.92 Å². The first-order valence-electron chi connectivity index (χ1n) is 5.13. The quantitative estimate of drug-likeness (QED) is 0.886. The Morgan fingerprint density at radius 1 is 1.41 bits per heavy atom. The Hall–Kier alpha value is -1.88. The van der Waals surface area contributed by atoms with E-state index in [2.05, 4.69) is 4.98 Å². The van der Waals surface area contributed by atoms with Crippen LogP contribution in [0.2, 0.25) is 0 Å². The Kier molecular flexibility index (Phi) is 3.10. The molecule has 1 amide bonds. The second kappa shape index (κ2) is 4.55. The molecule has 2 aromatic rings. The number of nitrogen functional groups attached to an aromatic ring is 1. The summed E-state index contributed by atoms with van der Waals surface area (Å²) in [6, 6.07) is 5.39. The smallest absolute Gasteiger partial charge is 0.269 e. The number of pyridine rings is 1. The van der Waals surface area contributed by atoms with Gasteiger partial charge in [0.25, 0.3) is 5.91 Å². The fourth-order valence-corrected chi connectivity index (χ4v) is 2.34. The maximum absolute atomic E-state index is 12.2. The van der Waals surface area contributed by atoms with Gasteiger partial charge in [-0.25, -0.2) is 4.98 Å². The van der Waals surface area contributed by atoms with Crippen LogP contribution in [0.4, 0.5) is 11.5 Å². The van der Waals surface area contributed by atoms with Gasteiger partial charge in [-0.15, -0.1) is 11.3 Å². The number of aromatic nitrogens is 1. The minimum absolute atomic E-state index is 0.0465. The molecule has 0 fully saturated rings. The highest BCUT2D eigenvalue weighted by Gasteiger charge is 2.17. The SMILES string of the molecule is Cc1ccsc1C(=O)N(C)c1ccc(N)cn1. The number of aryl methyl sites for hydroxylation is 1. The van der Waals surface area contributed by atoms with E-state index in [9.17, 15) is 4.79 Å². The summed E-state index contributed by atoms with van der Waals surface area (Å²) < 4.78 is 0. The number of hydrogen-bond donors (Lipinski definition) is 1. The highest BCUT2D eigenvalue weighted by Crippen LogP contribution is 2.20. The van der Waals surface area contributed by atoms with Gasteiger partial charge >= 0.3 is 0 Å². The molecule has 0 saturated carbocycles. The lowest BCUT2D eigenvalue weighted by atomic mass is 10.2. The maximum atomic E-state index is 12.2. The number of thiophene rings is 1. The molecule has 0 bridgehead atoms. The Balaban J connectivity index is 2.26. The van der Waals surface area contributed by atoms with Crippen molar-refractivity contribution in [3.63, 3.8) is 0 Å². The lowest BCUT2D eigenvalue weighted by Crippen LogP contribution is -2.26. The van der Waals surface area contributed by atoms with Crippen molar-refractivity contribution < 1.29 is 4.79 Å². The second-order valence-electron chi connectivity index (χ2n) is 3.75. The van der Waals surface area contributed by atoms with Crippen LogP contribution >= 0.6 is 11.3 Å². The van der Waals surface area contributed by atoms with Crippen LogP contribution in [0.3, 0.4) is 0 Å². The summed E-state index contributed by atoms with van der Waals surface area (Å²) in [6.45, 7) is 1.92. The summed E-state index contributed by atoms with van der Waals surface area (Å²) in [6.07, 6.45) is 1.54. The van der Waals surface area contributed by atoms with E-state index >= 15 is 0 Å². The maximum Gasteiger partial charge on any atom is 0.269 e. The summed E-state index contributed by atoms with van der Waals surface area (Å²) >= 11 is 1.44. The molecule has 0 spiro atoms. The van der Waals surface area contributed by atoms with Crippen molar-refractivity contribution in [3.8, 4) is 0 Å². The Morgan fingerprint density at radius 3 is 2.71 bits per heavy atom. The number of carbonyl (C=O) groups is 1. The molecule has 0 aliphatic carbocycles. The van der Waals surface area contributed by atoms with E-state index in [1.807, 2.05) is 18.4 Å². The van der Waals surface area contributed by atoms with Gasteiger partial charge in [-0.1, -0.05) is 0 Å². The van der Waals surface area contributed by atoms with Gasteiger partial charge in [0.15, 0.2) is 0 Å². The van der Waals surface area contributed by atoms with Gasteiger partial charge in [0.1, 0.15) is 5.82 Å². The molecule has 0 atom stereocenters. The minimum Gasteiger partial charge on any atom is -0.397 e. The molecule has 0 aliphatic rings. The number of nitrogens with two attached hydrogens (primary N) is 1. The number of rotatable bonds is 2. The average Bonchev–Trinajstić information content (AvgIpc) is 2.74. The first-order valence-corrected chi connectivity index (χ1v) is 6.01. The molecule has 2 rings (SSSR count). The lowest BCUT2D eigenvalue weighted by molar-refractivity contribution is 0.0995. The Morgan fingerprint density at radius 2 is 2.18 bits per heavy atom. The fourth-order valence-electron chi connectivity index (χ4n) is 1.44. The van der Waals surface area contributed by atoms with Gasteiger partial charge in [-0.3, -0.25) is 9.69 Å². The summed E-state index contributed by atoms with van der Waals surface area (Å²) in [5.74, 6) is 0.548. The summed E-state index contributed by atoms with van der Waals surface area (Å²) in [7, 11) is 1.71. The van der Waals surface area contributed by atoms with E-state index in [-0.39, 0.29) is 5.91 Å². The average molecular weight is 247 g/mol. The van der Waals surface area contributed by atoms with Crippen LogP contribution in [-0.2, 0) is 0 Å². The molecular formula is C12H13N3OS. The van der Waals surface area contributed by atoms with Crippen molar-refractivity contribution in [2.24, 2.45) is 0 Å². The van der Waals surface area contributed by atoms with Crippen molar-refractivity contribution in [2.75, 3.05) is 17.7 Å². The zero-order valence-corrected chi connectivity index (χ0v) is 10.5. The van der Waals surface area contributed by atoms with Crippen molar-refractivity contribution >= 4 is 28.7 Å². The molecule has 4 nitrogen and oxygen atoms in total. The highest BCUT2D eigenvalue weighted by molar-refractivity contribution is 7.12. The molecule has 2 N–H and O–H groups in total. The largest absolute Gasteiger partial charge is 0.397 e. The van der Waals surface area contributed by atoms with Crippen molar-refractivity contribution in [1.29, 1.82) is 0 Å². The van der Waals surface area contributed by atoms with Gasteiger partial charge in [-0.05, 0) is 36.1 Å². The molecule has 0 saturated heterocycles. The number of anilines is 2. The highest BCUT2D eigenvalue weighted by atomic mass is 32.1. The molecule has 0 radical (unpaired) electrons. The van der Waals surface area contributed by atoms with Crippen LogP contribution in [0.25, 0.3) is 0 Å². The topological polar surface area (TPSA) is 59.2 Å². The van der Waals surface area contributed by atoms with Crippen molar-refractivity contribution in [3.05, 3.63) is 40.2 Å². The number of nitrogens with zero attached hydrogens (tertiary/aromatic N) is 2. The van der Waals surface area contributed by atoms with E-state index in [0.717, 1.165) is 10.4 Å². The van der Waals surface area contributed by atoms with E-state index < -0.39 is 0 Å². The fraction of sp³-hybridized carbons (Fsp3) is 0.167. The third kappa shape index (κ3) is 2.29. The third-order valence-corrected chi connectivity index (χ3v) is 3.48. The normalized spacial score (nSPS) is 10.2. The molecule has 5 heteroatoms. The van der Waals surface area contributed by atoms with E-state index in [4.69, 9.17) is 5.73 Å². The van der Waals surface area contributed by atoms with Crippen LogP contribution in [-0.4, -0.2) is 17.9 Å². The first kappa shape index (κ1) is 11.6. The van der Waals surface area contributed by atoms with Gasteiger partial charge < -0.3 is 5.73 Å². The van der Waals surface area contributed by atoms with Crippen LogP contribution in [0, 0.1) is 6.92 Å². The monoisotopic (exact) mass is 247 g/mol. The number of amides is 1. The Bertz CT molecular complexity index is 533. The molecule has 0 aromatic carbocycles. The molecule has 2 heterocycles. The van der Waals surface area contributed by atoms with E-state index in [1.54, 1.807) is 25.4 Å². The third-order valence-electron chi connectivity index (χ3n) is 2.48. The number of hydrogen-bond acceptors (Lipinski definition) is 4. The minimum atomic E-state index is -0.0465. The first-order chi connectivity index (χ1) is 8.09. The molecule has 88 valence electrons. The van der Waals surface area contributed by atoms with Gasteiger partial charge in [0.2, 0.25) is 0 Å². The van der Waals surface area contributed by atoms with Crippen LogP contribution in [0.15, 0.2) is 29.8 Å². The van der Waals surface area contributed by atoms with Gasteiger partial charge in [0, 0.05) is 7.05 Å². The Labute approximate surface area is 104 Å². The second-order valence-corrected chi connectivity index (χ2v) is 4.66. The predicted molar refractivity (Wildman–Crippen MR) is 70.4 cm³/mol. The molecule has 2 aromatic heterocycles. The van der Waals surface area contributed by atoms with Crippen LogP contribution in [0.1, 0.15) is 15.2 Å². The molecule has 17 heavy (non-hydrogen) atoms. The lowest BCUT2D eigenvalue weighted by Gasteiger charge is -2.15. The summed E-state index contributed by atoms with van der Waals surface area (Å²) in [4.78, 5) is 18.6. The summed E-state index contributed by atoms with van der Waals surface area (Å²) in [5.41, 5.74) is 7.13. The standard InChI is InChI=1S/C12H13N3OS/c1-8-5-6-17-11(8)12(16)15(2)10-4-3-9(13)7-14-10/h3-7H,13H2,1-2H3. The molecular weight excluding hydrogens is 234 g/mol. The molecule has 0 aliphatic heterocycles. The zero-order chi connectivity index (χ0) is 12.4. The molecule has 0 unspecified atom stereocenters. The van der Waals surface area contributed by atoms with E-state index in [1.165, 1.54) is 16.2 Å². The summed E-state index contributed by atoms with van der Waals surface area (Å²) in [5, 5.41) is 1.91. The van der Waals surface area contributed by atoms with Crippen LogP contribution in [0.5, 0.6) is 0 Å². The number of carbonyl (C=O) groups excluding carboxylic acids is 1. The van der Waals surface area contributed by atoms with Gasteiger partial charge in [0.05, 0.1) is 16.8 Å². The zero-order valence-electron chi connectivity index (χ0n) is 9.68. The van der Waals surface area contributed by atoms with E-state index in [0.29, 0.717) is 11.5 Å². The van der Waals surface area contributed by atoms with Gasteiger partial charge in [-0.2, -0.15) is 0 Å². The van der Waals surface area contributed by atoms with Crippen LogP contribution < -0.4 is 10.6 Å². The van der Waals surface area contributed by atoms with Crippen molar-refractivity contribution in [1.82, 2.24) is 4.98 Å².